The number of rotatable bonds is 2. The summed E-state index contributed by atoms with van der Waals surface area (Å²) < 4.78 is 19.5. The highest BCUT2D eigenvalue weighted by Crippen LogP contribution is 2.25. The summed E-state index contributed by atoms with van der Waals surface area (Å²) >= 11 is 6.53. The van der Waals surface area contributed by atoms with Crippen molar-refractivity contribution in [3.8, 4) is 5.69 Å². The number of carbonyl (C=O) groups excluding carboxylic acids is 1. The maximum absolute atomic E-state index is 13.4. The van der Waals surface area contributed by atoms with Crippen molar-refractivity contribution >= 4 is 38.5 Å². The average Bonchev–Trinajstić information content (AvgIpc) is 2.88. The van der Waals surface area contributed by atoms with Crippen molar-refractivity contribution in [2.75, 3.05) is 0 Å². The van der Waals surface area contributed by atoms with E-state index in [1.807, 2.05) is 0 Å². The van der Waals surface area contributed by atoms with E-state index in [4.69, 9.17) is 11.6 Å². The molecular weight excluding hydrogens is 333 g/mol. The van der Waals surface area contributed by atoms with Crippen LogP contribution in [0.25, 0.3) is 15.8 Å². The molecule has 0 saturated carbocycles. The van der Waals surface area contributed by atoms with E-state index in [-0.39, 0.29) is 11.4 Å². The Labute approximate surface area is 131 Å². The molecule has 2 aromatic heterocycles. The molecule has 0 aliphatic heterocycles. The summed E-state index contributed by atoms with van der Waals surface area (Å²) in [5.41, 5.74) is -1.37. The highest BCUT2D eigenvalue weighted by Gasteiger charge is 2.15. The SMILES string of the molecule is Cn1c(F)cc(=O)n(-c2ccc3snc(C(=O)Cl)c3c2)c1=O. The van der Waals surface area contributed by atoms with Gasteiger partial charge < -0.3 is 0 Å². The van der Waals surface area contributed by atoms with Gasteiger partial charge in [-0.25, -0.2) is 9.36 Å². The third kappa shape index (κ3) is 2.16. The molecule has 0 radical (unpaired) electrons. The molecule has 6 nitrogen and oxygen atoms in total. The van der Waals surface area contributed by atoms with Crippen LogP contribution in [0.2, 0.25) is 0 Å². The van der Waals surface area contributed by atoms with Crippen LogP contribution >= 0.6 is 23.1 Å². The van der Waals surface area contributed by atoms with Gasteiger partial charge in [-0.2, -0.15) is 8.76 Å². The molecule has 22 heavy (non-hydrogen) atoms. The minimum atomic E-state index is -0.929. The molecule has 0 atom stereocenters. The summed E-state index contributed by atoms with van der Waals surface area (Å²) in [6, 6.07) is 5.30. The zero-order valence-corrected chi connectivity index (χ0v) is 12.6. The van der Waals surface area contributed by atoms with E-state index in [0.717, 1.165) is 16.1 Å². The lowest BCUT2D eigenvalue weighted by molar-refractivity contribution is 0.107. The van der Waals surface area contributed by atoms with Gasteiger partial charge in [0.15, 0.2) is 0 Å². The molecule has 0 N–H and O–H groups in total. The number of fused-ring (bicyclic) bond motifs is 1. The Morgan fingerprint density at radius 1 is 1.32 bits per heavy atom. The van der Waals surface area contributed by atoms with E-state index < -0.39 is 22.4 Å². The predicted molar refractivity (Wildman–Crippen MR) is 80.6 cm³/mol. The van der Waals surface area contributed by atoms with Gasteiger partial charge in [-0.3, -0.25) is 14.2 Å². The molecule has 2 heterocycles. The lowest BCUT2D eigenvalue weighted by atomic mass is 10.2. The van der Waals surface area contributed by atoms with Crippen LogP contribution in [0.5, 0.6) is 0 Å². The highest BCUT2D eigenvalue weighted by atomic mass is 35.5. The minimum absolute atomic E-state index is 0.0514. The van der Waals surface area contributed by atoms with Gasteiger partial charge in [-0.1, -0.05) is 0 Å². The molecule has 0 spiro atoms. The quantitative estimate of drug-likeness (QED) is 0.526. The summed E-state index contributed by atoms with van der Waals surface area (Å²) in [4.78, 5) is 35.3. The highest BCUT2D eigenvalue weighted by molar-refractivity contribution is 7.13. The van der Waals surface area contributed by atoms with E-state index in [1.165, 1.54) is 19.2 Å². The van der Waals surface area contributed by atoms with Gasteiger partial charge in [0.2, 0.25) is 5.95 Å². The van der Waals surface area contributed by atoms with E-state index in [1.54, 1.807) is 6.07 Å². The van der Waals surface area contributed by atoms with Crippen LogP contribution < -0.4 is 11.2 Å². The first kappa shape index (κ1) is 14.6. The molecule has 0 bridgehead atoms. The Morgan fingerprint density at radius 2 is 2.05 bits per heavy atom. The number of hydrogen-bond acceptors (Lipinski definition) is 5. The first-order valence-corrected chi connectivity index (χ1v) is 7.13. The predicted octanol–water partition coefficient (Wildman–Crippen LogP) is 1.66. The Kier molecular flexibility index (Phi) is 3.42. The molecule has 112 valence electrons. The molecule has 1 aromatic carbocycles. The van der Waals surface area contributed by atoms with Gasteiger partial charge >= 0.3 is 5.69 Å². The van der Waals surface area contributed by atoms with Crippen LogP contribution in [0.4, 0.5) is 4.39 Å². The molecule has 0 aliphatic rings. The van der Waals surface area contributed by atoms with Crippen LogP contribution in [0.15, 0.2) is 33.9 Å². The zero-order chi connectivity index (χ0) is 16.0. The van der Waals surface area contributed by atoms with Gasteiger partial charge in [0.05, 0.1) is 16.5 Å². The average molecular weight is 340 g/mol. The fourth-order valence-corrected chi connectivity index (χ4v) is 2.99. The van der Waals surface area contributed by atoms with Crippen molar-refractivity contribution < 1.29 is 9.18 Å². The number of benzene rings is 1. The van der Waals surface area contributed by atoms with Crippen LogP contribution in [0.3, 0.4) is 0 Å². The number of hydrogen-bond donors (Lipinski definition) is 0. The largest absolute Gasteiger partial charge is 0.337 e. The summed E-state index contributed by atoms with van der Waals surface area (Å²) in [6.45, 7) is 0. The first-order chi connectivity index (χ1) is 10.4. The van der Waals surface area contributed by atoms with Crippen molar-refractivity contribution in [2.45, 2.75) is 0 Å². The molecule has 3 aromatic rings. The minimum Gasteiger partial charge on any atom is -0.274 e. The summed E-state index contributed by atoms with van der Waals surface area (Å²) in [7, 11) is 1.21. The smallest absolute Gasteiger partial charge is 0.274 e. The Bertz CT molecular complexity index is 1040. The molecule has 9 heteroatoms. The summed E-state index contributed by atoms with van der Waals surface area (Å²) in [6.07, 6.45) is 0. The van der Waals surface area contributed by atoms with Gasteiger partial charge in [0.1, 0.15) is 5.69 Å². The summed E-state index contributed by atoms with van der Waals surface area (Å²) in [5, 5.41) is -0.302. The Morgan fingerprint density at radius 3 is 2.73 bits per heavy atom. The van der Waals surface area contributed by atoms with Crippen LogP contribution in [0, 0.1) is 5.95 Å². The zero-order valence-electron chi connectivity index (χ0n) is 11.0. The van der Waals surface area contributed by atoms with Crippen molar-refractivity contribution in [1.82, 2.24) is 13.5 Å². The molecule has 0 fully saturated rings. The molecule has 0 aliphatic carbocycles. The number of carbonyl (C=O) groups is 1. The van der Waals surface area contributed by atoms with Crippen LogP contribution in [-0.2, 0) is 7.05 Å². The third-order valence-electron chi connectivity index (χ3n) is 3.16. The monoisotopic (exact) mass is 339 g/mol. The fourth-order valence-electron chi connectivity index (χ4n) is 2.04. The van der Waals surface area contributed by atoms with Gasteiger partial charge in [0, 0.05) is 12.4 Å². The fraction of sp³-hybridized carbons (Fsp3) is 0.0769. The second kappa shape index (κ2) is 5.15. The lowest BCUT2D eigenvalue weighted by Crippen LogP contribution is -2.38. The molecular formula is C13H7ClFN3O3S. The van der Waals surface area contributed by atoms with Crippen molar-refractivity contribution in [3.63, 3.8) is 0 Å². The van der Waals surface area contributed by atoms with Crippen molar-refractivity contribution in [3.05, 3.63) is 56.7 Å². The number of aromatic nitrogens is 3. The molecule has 0 amide bonds. The van der Waals surface area contributed by atoms with Gasteiger partial charge in [-0.15, -0.1) is 0 Å². The number of halogens is 2. The molecule has 0 saturated heterocycles. The first-order valence-electron chi connectivity index (χ1n) is 5.98. The second-order valence-corrected chi connectivity index (χ2v) is 5.62. The van der Waals surface area contributed by atoms with Crippen LogP contribution in [0.1, 0.15) is 10.5 Å². The second-order valence-electron chi connectivity index (χ2n) is 4.47. The van der Waals surface area contributed by atoms with Gasteiger partial charge in [-0.05, 0) is 41.3 Å². The Hall–Kier alpha value is -2.32. The normalized spacial score (nSPS) is 11.0. The van der Waals surface area contributed by atoms with E-state index in [0.29, 0.717) is 20.7 Å². The summed E-state index contributed by atoms with van der Waals surface area (Å²) in [5.74, 6) is -0.929. The van der Waals surface area contributed by atoms with Crippen molar-refractivity contribution in [1.29, 1.82) is 0 Å². The molecule has 0 unspecified atom stereocenters. The van der Waals surface area contributed by atoms with E-state index >= 15 is 0 Å². The topological polar surface area (TPSA) is 74.0 Å². The standard InChI is InChI=1S/C13H7ClFN3O3S/c1-17-9(15)5-10(19)18(13(17)21)6-2-3-8-7(4-6)11(12(14)20)16-22-8/h2-5H,1H3. The van der Waals surface area contributed by atoms with Gasteiger partial charge in [0.25, 0.3) is 10.8 Å². The maximum Gasteiger partial charge on any atom is 0.337 e. The van der Waals surface area contributed by atoms with E-state index in [2.05, 4.69) is 4.37 Å². The molecule has 3 rings (SSSR count). The Balaban J connectivity index is 2.35. The van der Waals surface area contributed by atoms with E-state index in [9.17, 15) is 18.8 Å². The van der Waals surface area contributed by atoms with Crippen molar-refractivity contribution in [2.24, 2.45) is 7.05 Å². The lowest BCUT2D eigenvalue weighted by Gasteiger charge is -2.07. The third-order valence-corrected chi connectivity index (χ3v) is 4.17. The maximum atomic E-state index is 13.4. The van der Waals surface area contributed by atoms with Crippen LogP contribution in [-0.4, -0.2) is 18.8 Å². The number of nitrogens with zero attached hydrogens (tertiary/aromatic N) is 3.